The summed E-state index contributed by atoms with van der Waals surface area (Å²) in [6.07, 6.45) is -0.429. The summed E-state index contributed by atoms with van der Waals surface area (Å²) in [6.45, 7) is 2.30. The fourth-order valence-electron chi connectivity index (χ4n) is 1.37. The Kier molecular flexibility index (Phi) is 4.66. The molecule has 0 aliphatic carbocycles. The van der Waals surface area contributed by atoms with Gasteiger partial charge in [-0.1, -0.05) is 29.8 Å². The molecule has 0 heterocycles. The van der Waals surface area contributed by atoms with Gasteiger partial charge < -0.3 is 10.2 Å². The van der Waals surface area contributed by atoms with Crippen LogP contribution in [0.1, 0.15) is 17.5 Å². The quantitative estimate of drug-likeness (QED) is 0.687. The van der Waals surface area contributed by atoms with E-state index in [1.807, 2.05) is 31.2 Å². The largest absolute Gasteiger partial charge is 0.481 e. The molecule has 92 valence electrons. The zero-order valence-corrected chi connectivity index (χ0v) is 9.51. The number of rotatable bonds is 6. The van der Waals surface area contributed by atoms with Crippen LogP contribution in [0.4, 0.5) is 0 Å². The number of carboxylic acid groups (broad SMARTS) is 2. The maximum atomic E-state index is 10.8. The van der Waals surface area contributed by atoms with Gasteiger partial charge in [-0.3, -0.25) is 14.9 Å². The molecule has 0 saturated carbocycles. The van der Waals surface area contributed by atoms with Crippen LogP contribution in [0.2, 0.25) is 0 Å². The third-order valence-electron chi connectivity index (χ3n) is 2.35. The van der Waals surface area contributed by atoms with Crippen LogP contribution in [0.15, 0.2) is 24.3 Å². The van der Waals surface area contributed by atoms with Crippen LogP contribution in [0.3, 0.4) is 0 Å². The molecular weight excluding hydrogens is 222 g/mol. The Morgan fingerprint density at radius 3 is 2.29 bits per heavy atom. The van der Waals surface area contributed by atoms with E-state index in [4.69, 9.17) is 10.2 Å². The van der Waals surface area contributed by atoms with Crippen molar-refractivity contribution in [3.05, 3.63) is 35.4 Å². The van der Waals surface area contributed by atoms with Gasteiger partial charge in [-0.05, 0) is 12.5 Å². The van der Waals surface area contributed by atoms with Crippen molar-refractivity contribution in [2.45, 2.75) is 25.9 Å². The van der Waals surface area contributed by atoms with Gasteiger partial charge >= 0.3 is 11.9 Å². The van der Waals surface area contributed by atoms with E-state index >= 15 is 0 Å². The first-order valence-electron chi connectivity index (χ1n) is 5.22. The predicted octanol–water partition coefficient (Wildman–Crippen LogP) is 1.01. The molecule has 1 rings (SSSR count). The van der Waals surface area contributed by atoms with Crippen LogP contribution in [-0.2, 0) is 16.1 Å². The number of aryl methyl sites for hydroxylation is 1. The van der Waals surface area contributed by atoms with Gasteiger partial charge in [-0.2, -0.15) is 0 Å². The molecule has 0 aromatic heterocycles. The molecule has 1 aromatic rings. The van der Waals surface area contributed by atoms with E-state index in [1.165, 1.54) is 0 Å². The van der Waals surface area contributed by atoms with E-state index in [1.54, 1.807) is 0 Å². The molecule has 0 radical (unpaired) electrons. The van der Waals surface area contributed by atoms with Crippen molar-refractivity contribution in [3.63, 3.8) is 0 Å². The summed E-state index contributed by atoms with van der Waals surface area (Å²) in [4.78, 5) is 21.3. The maximum absolute atomic E-state index is 10.8. The Bertz CT molecular complexity index is 399. The molecule has 1 atom stereocenters. The fraction of sp³-hybridized carbons (Fsp3) is 0.333. The Morgan fingerprint density at radius 1 is 1.24 bits per heavy atom. The number of carbonyl (C=O) groups is 2. The van der Waals surface area contributed by atoms with Crippen molar-refractivity contribution in [1.29, 1.82) is 0 Å². The first kappa shape index (κ1) is 13.2. The summed E-state index contributed by atoms with van der Waals surface area (Å²) in [5, 5.41) is 20.1. The SMILES string of the molecule is Cc1ccc(CN[C@@H](CC(=O)O)C(=O)O)cc1. The van der Waals surface area contributed by atoms with Crippen molar-refractivity contribution >= 4 is 11.9 Å². The smallest absolute Gasteiger partial charge is 0.321 e. The number of hydrogen-bond acceptors (Lipinski definition) is 3. The van der Waals surface area contributed by atoms with Gasteiger partial charge in [0, 0.05) is 6.54 Å². The van der Waals surface area contributed by atoms with Crippen LogP contribution >= 0.6 is 0 Å². The van der Waals surface area contributed by atoms with Crippen LogP contribution in [0.5, 0.6) is 0 Å². The lowest BCUT2D eigenvalue weighted by molar-refractivity contribution is -0.146. The lowest BCUT2D eigenvalue weighted by Gasteiger charge is -2.12. The molecule has 5 nitrogen and oxygen atoms in total. The first-order valence-corrected chi connectivity index (χ1v) is 5.22. The van der Waals surface area contributed by atoms with E-state index < -0.39 is 24.4 Å². The second kappa shape index (κ2) is 6.00. The highest BCUT2D eigenvalue weighted by molar-refractivity contribution is 5.80. The van der Waals surface area contributed by atoms with Gasteiger partial charge in [0.2, 0.25) is 0 Å². The molecule has 1 aromatic carbocycles. The summed E-state index contributed by atoms with van der Waals surface area (Å²) in [5.41, 5.74) is 2.04. The highest BCUT2D eigenvalue weighted by atomic mass is 16.4. The average Bonchev–Trinajstić information content (AvgIpc) is 2.25. The molecule has 5 heteroatoms. The van der Waals surface area contributed by atoms with Gasteiger partial charge in [-0.25, -0.2) is 0 Å². The normalized spacial score (nSPS) is 12.1. The summed E-state index contributed by atoms with van der Waals surface area (Å²) in [6, 6.07) is 6.53. The lowest BCUT2D eigenvalue weighted by atomic mass is 10.1. The number of carboxylic acids is 2. The Labute approximate surface area is 99.1 Å². The molecule has 0 bridgehead atoms. The number of hydrogen-bond donors (Lipinski definition) is 3. The maximum Gasteiger partial charge on any atom is 0.321 e. The van der Waals surface area contributed by atoms with E-state index in [0.717, 1.165) is 11.1 Å². The summed E-state index contributed by atoms with van der Waals surface area (Å²) < 4.78 is 0. The Morgan fingerprint density at radius 2 is 1.82 bits per heavy atom. The molecule has 3 N–H and O–H groups in total. The number of aliphatic carboxylic acids is 2. The average molecular weight is 237 g/mol. The van der Waals surface area contributed by atoms with E-state index in [2.05, 4.69) is 5.32 Å². The van der Waals surface area contributed by atoms with Gasteiger partial charge in [-0.15, -0.1) is 0 Å². The molecule has 0 spiro atoms. The van der Waals surface area contributed by atoms with Crippen molar-refractivity contribution in [2.75, 3.05) is 0 Å². The van der Waals surface area contributed by atoms with Crippen molar-refractivity contribution in [2.24, 2.45) is 0 Å². The molecule has 0 amide bonds. The minimum Gasteiger partial charge on any atom is -0.481 e. The number of benzene rings is 1. The van der Waals surface area contributed by atoms with Gasteiger partial charge in [0.1, 0.15) is 6.04 Å². The fourth-order valence-corrected chi connectivity index (χ4v) is 1.37. The predicted molar refractivity (Wildman–Crippen MR) is 61.7 cm³/mol. The standard InChI is InChI=1S/C12H15NO4/c1-8-2-4-9(5-3-8)7-13-10(12(16)17)6-11(14)15/h2-5,10,13H,6-7H2,1H3,(H,14,15)(H,16,17)/t10-/m0/s1. The van der Waals surface area contributed by atoms with Crippen molar-refractivity contribution < 1.29 is 19.8 Å². The van der Waals surface area contributed by atoms with E-state index in [9.17, 15) is 9.59 Å². The van der Waals surface area contributed by atoms with Crippen LogP contribution < -0.4 is 5.32 Å². The van der Waals surface area contributed by atoms with Gasteiger partial charge in [0.25, 0.3) is 0 Å². The first-order chi connectivity index (χ1) is 7.99. The van der Waals surface area contributed by atoms with E-state index in [-0.39, 0.29) is 0 Å². The molecule has 0 aliphatic rings. The zero-order valence-electron chi connectivity index (χ0n) is 9.51. The molecule has 0 aliphatic heterocycles. The van der Waals surface area contributed by atoms with Crippen LogP contribution in [0, 0.1) is 6.92 Å². The van der Waals surface area contributed by atoms with Crippen molar-refractivity contribution in [3.8, 4) is 0 Å². The topological polar surface area (TPSA) is 86.6 Å². The van der Waals surface area contributed by atoms with Crippen molar-refractivity contribution in [1.82, 2.24) is 5.32 Å². The molecule has 17 heavy (non-hydrogen) atoms. The second-order valence-corrected chi connectivity index (χ2v) is 3.86. The van der Waals surface area contributed by atoms with Gasteiger partial charge in [0.05, 0.1) is 6.42 Å². The summed E-state index contributed by atoms with van der Waals surface area (Å²) >= 11 is 0. The Hall–Kier alpha value is -1.88. The number of nitrogens with one attached hydrogen (secondary N) is 1. The summed E-state index contributed by atoms with van der Waals surface area (Å²) in [7, 11) is 0. The van der Waals surface area contributed by atoms with Crippen LogP contribution in [-0.4, -0.2) is 28.2 Å². The monoisotopic (exact) mass is 237 g/mol. The molecular formula is C12H15NO4. The minimum atomic E-state index is -1.15. The zero-order chi connectivity index (χ0) is 12.8. The Balaban J connectivity index is 2.54. The highest BCUT2D eigenvalue weighted by Gasteiger charge is 2.19. The molecule has 0 unspecified atom stereocenters. The third-order valence-corrected chi connectivity index (χ3v) is 2.35. The minimum absolute atomic E-state index is 0.338. The van der Waals surface area contributed by atoms with Crippen LogP contribution in [0.25, 0.3) is 0 Å². The lowest BCUT2D eigenvalue weighted by Crippen LogP contribution is -2.38. The molecule has 0 fully saturated rings. The highest BCUT2D eigenvalue weighted by Crippen LogP contribution is 2.03. The molecule has 0 saturated heterocycles. The third kappa shape index (κ3) is 4.65. The summed E-state index contributed by atoms with van der Waals surface area (Å²) in [5.74, 6) is -2.28. The van der Waals surface area contributed by atoms with Gasteiger partial charge in [0.15, 0.2) is 0 Å². The second-order valence-electron chi connectivity index (χ2n) is 3.86. The van der Waals surface area contributed by atoms with E-state index in [0.29, 0.717) is 6.54 Å².